The molecule has 0 aliphatic carbocycles. The summed E-state index contributed by atoms with van der Waals surface area (Å²) in [4.78, 5) is 7.91. The first-order valence-corrected chi connectivity index (χ1v) is 5.18. The second-order valence-corrected chi connectivity index (χ2v) is 3.74. The first-order valence-electron chi connectivity index (χ1n) is 4.80. The molecule has 4 nitrogen and oxygen atoms in total. The number of piperidine rings is 1. The van der Waals surface area contributed by atoms with Crippen LogP contribution < -0.4 is 10.6 Å². The summed E-state index contributed by atoms with van der Waals surface area (Å²) < 4.78 is 0. The summed E-state index contributed by atoms with van der Waals surface area (Å²) in [5, 5.41) is 6.94. The Labute approximate surface area is 100 Å². The van der Waals surface area contributed by atoms with Gasteiger partial charge in [-0.25, -0.2) is 9.97 Å². The van der Waals surface area contributed by atoms with Gasteiger partial charge in [-0.2, -0.15) is 0 Å². The van der Waals surface area contributed by atoms with Crippen molar-refractivity contribution in [1.29, 1.82) is 0 Å². The quantitative estimate of drug-likeness (QED) is 0.783. The first-order chi connectivity index (χ1) is 6.84. The minimum absolute atomic E-state index is 0. The number of anilines is 1. The van der Waals surface area contributed by atoms with Gasteiger partial charge >= 0.3 is 0 Å². The maximum absolute atomic E-state index is 5.68. The molecule has 1 saturated heterocycles. The Kier molecular flexibility index (Phi) is 5.08. The Morgan fingerprint density at radius 3 is 3.07 bits per heavy atom. The largest absolute Gasteiger partial charge is 0.366 e. The van der Waals surface area contributed by atoms with Crippen molar-refractivity contribution in [3.05, 3.63) is 17.5 Å². The van der Waals surface area contributed by atoms with Crippen LogP contribution in [0.2, 0.25) is 5.28 Å². The van der Waals surface area contributed by atoms with Gasteiger partial charge in [0.15, 0.2) is 0 Å². The Hall–Kier alpha value is -0.580. The van der Waals surface area contributed by atoms with Crippen LogP contribution in [0.15, 0.2) is 12.3 Å². The normalized spacial score (nSPS) is 20.5. The molecule has 0 aromatic carbocycles. The van der Waals surface area contributed by atoms with Crippen molar-refractivity contribution in [2.24, 2.45) is 0 Å². The highest BCUT2D eigenvalue weighted by Gasteiger charge is 2.12. The van der Waals surface area contributed by atoms with Crippen LogP contribution in [0.4, 0.5) is 5.82 Å². The molecule has 0 saturated carbocycles. The number of hydrogen-bond donors (Lipinski definition) is 2. The highest BCUT2D eigenvalue weighted by molar-refractivity contribution is 6.28. The predicted molar refractivity (Wildman–Crippen MR) is 63.8 cm³/mol. The van der Waals surface area contributed by atoms with E-state index in [4.69, 9.17) is 11.6 Å². The third-order valence-corrected chi connectivity index (χ3v) is 2.46. The van der Waals surface area contributed by atoms with Gasteiger partial charge in [-0.3, -0.25) is 0 Å². The van der Waals surface area contributed by atoms with Gasteiger partial charge in [-0.05, 0) is 37.1 Å². The van der Waals surface area contributed by atoms with Crippen LogP contribution in [-0.2, 0) is 0 Å². The highest BCUT2D eigenvalue weighted by atomic mass is 35.5. The monoisotopic (exact) mass is 248 g/mol. The van der Waals surface area contributed by atoms with Crippen molar-refractivity contribution in [2.75, 3.05) is 18.4 Å². The Balaban J connectivity index is 0.00000112. The van der Waals surface area contributed by atoms with Gasteiger partial charge in [0.2, 0.25) is 5.28 Å². The molecule has 0 amide bonds. The molecule has 1 aliphatic rings. The zero-order valence-electron chi connectivity index (χ0n) is 8.24. The van der Waals surface area contributed by atoms with E-state index < -0.39 is 0 Å². The van der Waals surface area contributed by atoms with E-state index in [1.165, 1.54) is 12.8 Å². The van der Waals surface area contributed by atoms with Gasteiger partial charge in [-0.15, -0.1) is 12.4 Å². The molecule has 1 fully saturated rings. The summed E-state index contributed by atoms with van der Waals surface area (Å²) in [6.07, 6.45) is 4.04. The van der Waals surface area contributed by atoms with Crippen LogP contribution >= 0.6 is 24.0 Å². The van der Waals surface area contributed by atoms with Crippen molar-refractivity contribution >= 4 is 29.8 Å². The van der Waals surface area contributed by atoms with Crippen LogP contribution in [0.3, 0.4) is 0 Å². The van der Waals surface area contributed by atoms with E-state index >= 15 is 0 Å². The fraction of sp³-hybridized carbons (Fsp3) is 0.556. The fourth-order valence-electron chi connectivity index (χ4n) is 1.60. The SMILES string of the molecule is Cl.Clc1nccc(N[C@H]2CCCNC2)n1. The van der Waals surface area contributed by atoms with Crippen LogP contribution in [0.5, 0.6) is 0 Å². The van der Waals surface area contributed by atoms with E-state index in [0.717, 1.165) is 18.9 Å². The van der Waals surface area contributed by atoms with E-state index in [2.05, 4.69) is 20.6 Å². The highest BCUT2D eigenvalue weighted by Crippen LogP contribution is 2.11. The number of rotatable bonds is 2. The van der Waals surface area contributed by atoms with Gasteiger partial charge < -0.3 is 10.6 Å². The third-order valence-electron chi connectivity index (χ3n) is 2.28. The van der Waals surface area contributed by atoms with Gasteiger partial charge in [0.1, 0.15) is 5.82 Å². The van der Waals surface area contributed by atoms with Crippen LogP contribution in [0.25, 0.3) is 0 Å². The zero-order valence-corrected chi connectivity index (χ0v) is 9.81. The van der Waals surface area contributed by atoms with Crippen molar-refractivity contribution in [1.82, 2.24) is 15.3 Å². The maximum Gasteiger partial charge on any atom is 0.224 e. The zero-order chi connectivity index (χ0) is 9.80. The average Bonchev–Trinajstić information content (AvgIpc) is 2.19. The molecule has 1 aliphatic heterocycles. The van der Waals surface area contributed by atoms with Crippen molar-refractivity contribution < 1.29 is 0 Å². The lowest BCUT2D eigenvalue weighted by atomic mass is 10.1. The summed E-state index contributed by atoms with van der Waals surface area (Å²) in [6.45, 7) is 2.10. The smallest absolute Gasteiger partial charge is 0.224 e. The first kappa shape index (κ1) is 12.5. The molecule has 0 radical (unpaired) electrons. The second-order valence-electron chi connectivity index (χ2n) is 3.40. The lowest BCUT2D eigenvalue weighted by Crippen LogP contribution is -2.38. The third kappa shape index (κ3) is 3.81. The predicted octanol–water partition coefficient (Wildman–Crippen LogP) is 1.72. The van der Waals surface area contributed by atoms with Crippen molar-refractivity contribution in [2.45, 2.75) is 18.9 Å². The summed E-state index contributed by atoms with van der Waals surface area (Å²) in [6, 6.07) is 2.29. The molecule has 1 aromatic rings. The van der Waals surface area contributed by atoms with Crippen LogP contribution in [-0.4, -0.2) is 29.1 Å². The number of nitrogens with zero attached hydrogens (tertiary/aromatic N) is 2. The molecule has 2 heterocycles. The molecule has 15 heavy (non-hydrogen) atoms. The Morgan fingerprint density at radius 1 is 1.53 bits per heavy atom. The van der Waals surface area contributed by atoms with E-state index in [9.17, 15) is 0 Å². The minimum atomic E-state index is 0. The van der Waals surface area contributed by atoms with Crippen LogP contribution in [0, 0.1) is 0 Å². The standard InChI is InChI=1S/C9H13ClN4.ClH/c10-9-12-5-3-8(14-9)13-7-2-1-4-11-6-7;/h3,5,7,11H,1-2,4,6H2,(H,12,13,14);1H/t7-;/m0./s1. The molecule has 1 atom stereocenters. The van der Waals surface area contributed by atoms with E-state index in [1.54, 1.807) is 6.20 Å². The molecule has 0 bridgehead atoms. The van der Waals surface area contributed by atoms with Gasteiger partial charge in [0.25, 0.3) is 0 Å². The molecule has 1 aromatic heterocycles. The molecule has 2 rings (SSSR count). The molecule has 6 heteroatoms. The molecule has 84 valence electrons. The summed E-state index contributed by atoms with van der Waals surface area (Å²) in [5.74, 6) is 0.804. The molecular weight excluding hydrogens is 235 g/mol. The number of aromatic nitrogens is 2. The van der Waals surface area contributed by atoms with Gasteiger partial charge in [0.05, 0.1) is 0 Å². The van der Waals surface area contributed by atoms with Crippen LogP contribution in [0.1, 0.15) is 12.8 Å². The molecular formula is C9H14Cl2N4. The fourth-order valence-corrected chi connectivity index (χ4v) is 1.75. The summed E-state index contributed by atoms with van der Waals surface area (Å²) in [7, 11) is 0. The Bertz CT molecular complexity index is 302. The topological polar surface area (TPSA) is 49.8 Å². The number of halogens is 2. The lowest BCUT2D eigenvalue weighted by Gasteiger charge is -2.24. The average molecular weight is 249 g/mol. The number of nitrogens with one attached hydrogen (secondary N) is 2. The molecule has 0 spiro atoms. The van der Waals surface area contributed by atoms with Crippen molar-refractivity contribution in [3.63, 3.8) is 0 Å². The van der Waals surface area contributed by atoms with E-state index in [-0.39, 0.29) is 12.4 Å². The maximum atomic E-state index is 5.68. The second kappa shape index (κ2) is 6.10. The summed E-state index contributed by atoms with van der Waals surface area (Å²) in [5.41, 5.74) is 0. The lowest BCUT2D eigenvalue weighted by molar-refractivity contribution is 0.479. The van der Waals surface area contributed by atoms with E-state index in [0.29, 0.717) is 11.3 Å². The summed E-state index contributed by atoms with van der Waals surface area (Å²) >= 11 is 5.68. The van der Waals surface area contributed by atoms with E-state index in [1.807, 2.05) is 6.07 Å². The van der Waals surface area contributed by atoms with Gasteiger partial charge in [0, 0.05) is 18.8 Å². The number of hydrogen-bond acceptors (Lipinski definition) is 4. The molecule has 2 N–H and O–H groups in total. The molecule has 0 unspecified atom stereocenters. The van der Waals surface area contributed by atoms with Gasteiger partial charge in [-0.1, -0.05) is 0 Å². The minimum Gasteiger partial charge on any atom is -0.366 e. The van der Waals surface area contributed by atoms with Crippen molar-refractivity contribution in [3.8, 4) is 0 Å². The Morgan fingerprint density at radius 2 is 2.40 bits per heavy atom.